The van der Waals surface area contributed by atoms with Crippen molar-refractivity contribution < 1.29 is 4.79 Å². The number of nitrogens with one attached hydrogen (secondary N) is 2. The second kappa shape index (κ2) is 9.93. The van der Waals surface area contributed by atoms with Crippen LogP contribution in [0.1, 0.15) is 31.4 Å². The molecular formula is C22H27N7OS2. The molecule has 32 heavy (non-hydrogen) atoms. The van der Waals surface area contributed by atoms with E-state index in [-0.39, 0.29) is 12.1 Å². The summed E-state index contributed by atoms with van der Waals surface area (Å²) in [4.78, 5) is 21.6. The first-order valence-electron chi connectivity index (χ1n) is 11.1. The van der Waals surface area contributed by atoms with Crippen molar-refractivity contribution in [3.05, 3.63) is 41.4 Å². The summed E-state index contributed by atoms with van der Waals surface area (Å²) in [5, 5.41) is 19.0. The van der Waals surface area contributed by atoms with Crippen molar-refractivity contribution in [1.82, 2.24) is 25.4 Å². The quantitative estimate of drug-likeness (QED) is 0.567. The highest BCUT2D eigenvalue weighted by molar-refractivity contribution is 7.19. The van der Waals surface area contributed by atoms with Crippen LogP contribution < -0.4 is 15.5 Å². The number of carbonyl (C=O) groups excluding carboxylic acids is 1. The molecule has 0 bridgehead atoms. The summed E-state index contributed by atoms with van der Waals surface area (Å²) < 4.78 is 0. The second-order valence-corrected chi connectivity index (χ2v) is 10.1. The van der Waals surface area contributed by atoms with Crippen LogP contribution in [-0.4, -0.2) is 58.3 Å². The number of benzene rings is 1. The fourth-order valence-electron chi connectivity index (χ4n) is 4.20. The predicted octanol–water partition coefficient (Wildman–Crippen LogP) is 4.05. The van der Waals surface area contributed by atoms with E-state index in [1.807, 2.05) is 18.2 Å². The van der Waals surface area contributed by atoms with E-state index in [2.05, 4.69) is 48.1 Å². The fourth-order valence-corrected chi connectivity index (χ4v) is 5.81. The zero-order valence-corrected chi connectivity index (χ0v) is 19.5. The van der Waals surface area contributed by atoms with Crippen LogP contribution in [0.15, 0.2) is 35.7 Å². The Balaban J connectivity index is 1.10. The lowest BCUT2D eigenvalue weighted by Crippen LogP contribution is -2.46. The van der Waals surface area contributed by atoms with Gasteiger partial charge in [-0.25, -0.2) is 9.78 Å². The largest absolute Gasteiger partial charge is 0.344 e. The van der Waals surface area contributed by atoms with E-state index in [0.717, 1.165) is 61.4 Å². The molecular weight excluding hydrogens is 442 g/mol. The first-order chi connectivity index (χ1) is 15.7. The number of rotatable bonds is 6. The highest BCUT2D eigenvalue weighted by Gasteiger charge is 2.22. The number of hydrogen-bond donors (Lipinski definition) is 2. The smallest absolute Gasteiger partial charge is 0.321 e. The first-order valence-corrected chi connectivity index (χ1v) is 12.8. The highest BCUT2D eigenvalue weighted by Crippen LogP contribution is 2.27. The van der Waals surface area contributed by atoms with Crippen molar-refractivity contribution in [2.24, 2.45) is 0 Å². The van der Waals surface area contributed by atoms with Crippen molar-refractivity contribution in [2.45, 2.75) is 38.3 Å². The minimum atomic E-state index is -0.178. The van der Waals surface area contributed by atoms with Crippen LogP contribution in [0, 0.1) is 0 Å². The number of nitrogens with zero attached hydrogens (tertiary/aromatic N) is 5. The van der Waals surface area contributed by atoms with E-state index < -0.39 is 0 Å². The van der Waals surface area contributed by atoms with Crippen molar-refractivity contribution >= 4 is 39.0 Å². The van der Waals surface area contributed by atoms with Gasteiger partial charge in [0.1, 0.15) is 5.01 Å². The van der Waals surface area contributed by atoms with Crippen molar-refractivity contribution in [1.29, 1.82) is 0 Å². The van der Waals surface area contributed by atoms with Gasteiger partial charge in [0.05, 0.1) is 5.69 Å². The first kappa shape index (κ1) is 21.3. The number of piperazine rings is 1. The minimum absolute atomic E-state index is 0.178. The Labute approximate surface area is 195 Å². The molecule has 2 aromatic heterocycles. The molecule has 1 aromatic carbocycles. The lowest BCUT2D eigenvalue weighted by molar-refractivity contribution is 0.247. The lowest BCUT2D eigenvalue weighted by Gasteiger charge is -2.33. The maximum absolute atomic E-state index is 12.2. The SMILES string of the molecule is O=C(Nc1nnc(N2CCN(Cc3csc(-c4ccccc4)n3)CC2)s1)NC1CCCC1. The topological polar surface area (TPSA) is 86.3 Å². The Hall–Kier alpha value is -2.56. The second-order valence-electron chi connectivity index (χ2n) is 8.24. The number of amides is 2. The van der Waals surface area contributed by atoms with Crippen LogP contribution >= 0.6 is 22.7 Å². The average molecular weight is 470 g/mol. The normalized spacial score (nSPS) is 17.6. The molecule has 0 unspecified atom stereocenters. The molecule has 1 saturated heterocycles. The van der Waals surface area contributed by atoms with Crippen LogP contribution in [0.2, 0.25) is 0 Å². The molecule has 3 heterocycles. The summed E-state index contributed by atoms with van der Waals surface area (Å²) in [6.45, 7) is 4.53. The number of urea groups is 1. The lowest BCUT2D eigenvalue weighted by atomic mass is 10.2. The van der Waals surface area contributed by atoms with Crippen LogP contribution in [0.4, 0.5) is 15.1 Å². The molecule has 8 nitrogen and oxygen atoms in total. The summed E-state index contributed by atoms with van der Waals surface area (Å²) in [5.74, 6) is 0. The van der Waals surface area contributed by atoms with E-state index >= 15 is 0 Å². The van der Waals surface area contributed by atoms with Gasteiger partial charge < -0.3 is 10.2 Å². The van der Waals surface area contributed by atoms with E-state index in [9.17, 15) is 4.79 Å². The number of carbonyl (C=O) groups is 1. The minimum Gasteiger partial charge on any atom is -0.344 e. The Morgan fingerprint density at radius 1 is 1.06 bits per heavy atom. The number of hydrogen-bond acceptors (Lipinski definition) is 8. The molecule has 0 radical (unpaired) electrons. The molecule has 2 amide bonds. The number of anilines is 2. The van der Waals surface area contributed by atoms with E-state index in [0.29, 0.717) is 5.13 Å². The Morgan fingerprint density at radius 3 is 2.62 bits per heavy atom. The molecule has 168 valence electrons. The van der Waals surface area contributed by atoms with Crippen molar-refractivity contribution in [3.63, 3.8) is 0 Å². The third-order valence-corrected chi connectivity index (χ3v) is 7.77. The monoisotopic (exact) mass is 469 g/mol. The molecule has 1 aliphatic heterocycles. The van der Waals surface area contributed by atoms with Gasteiger partial charge in [0.2, 0.25) is 10.3 Å². The maximum atomic E-state index is 12.2. The zero-order chi connectivity index (χ0) is 21.8. The van der Waals surface area contributed by atoms with Gasteiger partial charge >= 0.3 is 6.03 Å². The molecule has 1 aliphatic carbocycles. The number of thiazole rings is 1. The van der Waals surface area contributed by atoms with Gasteiger partial charge in [-0.05, 0) is 12.8 Å². The van der Waals surface area contributed by atoms with Crippen LogP contribution in [0.25, 0.3) is 10.6 Å². The molecule has 0 spiro atoms. The van der Waals surface area contributed by atoms with E-state index in [4.69, 9.17) is 4.98 Å². The average Bonchev–Trinajstić information content (AvgIpc) is 3.58. The zero-order valence-electron chi connectivity index (χ0n) is 17.9. The molecule has 0 atom stereocenters. The van der Waals surface area contributed by atoms with Gasteiger partial charge in [-0.3, -0.25) is 10.2 Å². The van der Waals surface area contributed by atoms with Gasteiger partial charge in [0.15, 0.2) is 0 Å². The van der Waals surface area contributed by atoms with E-state index in [1.54, 1.807) is 11.3 Å². The van der Waals surface area contributed by atoms with Crippen molar-refractivity contribution in [3.8, 4) is 10.6 Å². The molecule has 10 heteroatoms. The molecule has 2 fully saturated rings. The van der Waals surface area contributed by atoms with Crippen LogP contribution in [0.5, 0.6) is 0 Å². The Bertz CT molecular complexity index is 1020. The van der Waals surface area contributed by atoms with E-state index in [1.165, 1.54) is 29.7 Å². The van der Waals surface area contributed by atoms with Crippen LogP contribution in [-0.2, 0) is 6.54 Å². The summed E-state index contributed by atoms with van der Waals surface area (Å²) in [6, 6.07) is 10.4. The standard InChI is InChI=1S/C22H27N7OS2/c30-20(24-17-8-4-5-9-17)25-21-26-27-22(32-21)29-12-10-28(11-13-29)14-18-15-31-19(23-18)16-6-2-1-3-7-16/h1-3,6-7,15,17H,4-5,8-14H2,(H2,24,25,26,30). The van der Waals surface area contributed by atoms with Gasteiger partial charge in [0.25, 0.3) is 0 Å². The number of aromatic nitrogens is 3. The van der Waals surface area contributed by atoms with Crippen molar-refractivity contribution in [2.75, 3.05) is 36.4 Å². The summed E-state index contributed by atoms with van der Waals surface area (Å²) >= 11 is 3.14. The third-order valence-electron chi connectivity index (χ3n) is 5.93. The van der Waals surface area contributed by atoms with Gasteiger partial charge in [-0.1, -0.05) is 54.5 Å². The molecule has 5 rings (SSSR count). The van der Waals surface area contributed by atoms with Crippen LogP contribution in [0.3, 0.4) is 0 Å². The third kappa shape index (κ3) is 5.25. The molecule has 3 aromatic rings. The van der Waals surface area contributed by atoms with Gasteiger partial charge in [-0.2, -0.15) is 0 Å². The van der Waals surface area contributed by atoms with Gasteiger partial charge in [0, 0.05) is 49.7 Å². The van der Waals surface area contributed by atoms with Gasteiger partial charge in [-0.15, -0.1) is 21.5 Å². The fraction of sp³-hybridized carbons (Fsp3) is 0.455. The Morgan fingerprint density at radius 2 is 1.84 bits per heavy atom. The summed E-state index contributed by atoms with van der Waals surface area (Å²) in [7, 11) is 0. The highest BCUT2D eigenvalue weighted by atomic mass is 32.1. The molecule has 1 saturated carbocycles. The summed E-state index contributed by atoms with van der Waals surface area (Å²) in [5.41, 5.74) is 2.30. The maximum Gasteiger partial charge on any atom is 0.321 e. The molecule has 2 aliphatic rings. The Kier molecular flexibility index (Phi) is 6.61. The predicted molar refractivity (Wildman–Crippen MR) is 129 cm³/mol. The molecule has 2 N–H and O–H groups in total. The summed E-state index contributed by atoms with van der Waals surface area (Å²) in [6.07, 6.45) is 4.51.